The summed E-state index contributed by atoms with van der Waals surface area (Å²) in [6.45, 7) is 3.58. The van der Waals surface area contributed by atoms with Gasteiger partial charge in [-0.25, -0.2) is 0 Å². The van der Waals surface area contributed by atoms with Crippen molar-refractivity contribution < 1.29 is 39.8 Å². The van der Waals surface area contributed by atoms with Gasteiger partial charge >= 0.3 is 0 Å². The van der Waals surface area contributed by atoms with Crippen molar-refractivity contribution >= 4 is 5.91 Å². The highest BCUT2D eigenvalue weighted by Crippen LogP contribution is 2.22. The maximum atomic E-state index is 12.9. The molecule has 0 radical (unpaired) electrons. The molecule has 7 atom stereocenters. The van der Waals surface area contributed by atoms with E-state index in [-0.39, 0.29) is 12.5 Å². The Morgan fingerprint density at radius 2 is 1.17 bits per heavy atom. The molecule has 6 N–H and O–H groups in total. The Bertz CT molecular complexity index is 1070. The smallest absolute Gasteiger partial charge is 0.220 e. The van der Waals surface area contributed by atoms with Gasteiger partial charge in [0.1, 0.15) is 24.4 Å². The second-order valence-corrected chi connectivity index (χ2v) is 14.4. The fraction of sp³-hybridized carbons (Fsp3) is 0.711. The highest BCUT2D eigenvalue weighted by atomic mass is 16.7. The number of aliphatic hydroxyl groups excluding tert-OH is 5. The summed E-state index contributed by atoms with van der Waals surface area (Å²) < 4.78 is 11.1. The molecule has 310 valence electrons. The van der Waals surface area contributed by atoms with Gasteiger partial charge in [-0.3, -0.25) is 4.79 Å². The number of carbonyl (C=O) groups is 1. The van der Waals surface area contributed by atoms with Crippen LogP contribution in [0.25, 0.3) is 0 Å². The van der Waals surface area contributed by atoms with Gasteiger partial charge in [-0.1, -0.05) is 138 Å². The number of unbranched alkanes of at least 4 members (excludes halogenated alkanes) is 13. The van der Waals surface area contributed by atoms with Crippen molar-refractivity contribution in [3.05, 3.63) is 72.9 Å². The summed E-state index contributed by atoms with van der Waals surface area (Å²) in [5.74, 6) is -0.225. The Morgan fingerprint density at radius 3 is 1.78 bits per heavy atom. The number of amides is 1. The van der Waals surface area contributed by atoms with Crippen LogP contribution in [0.1, 0.15) is 149 Å². The summed E-state index contributed by atoms with van der Waals surface area (Å²) in [5.41, 5.74) is 0. The fourth-order valence-electron chi connectivity index (χ4n) is 6.08. The van der Waals surface area contributed by atoms with Crippen molar-refractivity contribution in [3.63, 3.8) is 0 Å². The summed E-state index contributed by atoms with van der Waals surface area (Å²) in [5, 5.41) is 54.0. The molecule has 1 saturated heterocycles. The molecule has 1 heterocycles. The van der Waals surface area contributed by atoms with Crippen molar-refractivity contribution in [2.75, 3.05) is 13.2 Å². The van der Waals surface area contributed by atoms with E-state index < -0.39 is 49.5 Å². The van der Waals surface area contributed by atoms with Crippen LogP contribution in [0.15, 0.2) is 72.9 Å². The van der Waals surface area contributed by atoms with Gasteiger partial charge in [0.05, 0.1) is 25.4 Å². The van der Waals surface area contributed by atoms with Crippen molar-refractivity contribution in [3.8, 4) is 0 Å². The van der Waals surface area contributed by atoms with Crippen LogP contribution in [0, 0.1) is 0 Å². The number of rotatable bonds is 33. The summed E-state index contributed by atoms with van der Waals surface area (Å²) in [7, 11) is 0. The normalized spacial score (nSPS) is 22.2. The number of hydrogen-bond acceptors (Lipinski definition) is 8. The molecule has 1 rings (SSSR count). The minimum atomic E-state index is -1.58. The van der Waals surface area contributed by atoms with Crippen molar-refractivity contribution in [1.82, 2.24) is 5.32 Å². The Labute approximate surface area is 328 Å². The predicted octanol–water partition coefficient (Wildman–Crippen LogP) is 8.22. The molecular weight excluding hydrogens is 682 g/mol. The molecule has 0 spiro atoms. The van der Waals surface area contributed by atoms with Gasteiger partial charge in [0.25, 0.3) is 0 Å². The first-order chi connectivity index (χ1) is 26.3. The average Bonchev–Trinajstić information content (AvgIpc) is 3.17. The summed E-state index contributed by atoms with van der Waals surface area (Å²) in [6.07, 6.45) is 39.5. The molecular formula is C45H77NO8. The Balaban J connectivity index is 2.47. The van der Waals surface area contributed by atoms with E-state index in [1.54, 1.807) is 6.08 Å². The standard InChI is InChI=1S/C45H77NO8/c1-3-5-7-9-11-13-15-17-18-19-20-21-23-24-26-28-30-32-34-39(48)38(37-53-45-44(52)43(51)42(50)40(36-47)54-45)46-41(49)35-33-31-29-27-25-22-16-14-12-10-8-6-4-2/h6,8,12,14,19-20,22,24-26,32,34,38-40,42-45,47-48,50-52H,3-5,7,9-11,13,15-18,21,23,27-31,33,35-37H2,1-2H3,(H,46,49)/b8-6-,14-12-,20-19+,25-22-,26-24+,34-32+. The molecule has 1 aliphatic rings. The first-order valence-electron chi connectivity index (χ1n) is 21.2. The summed E-state index contributed by atoms with van der Waals surface area (Å²) in [6, 6.07) is -0.845. The van der Waals surface area contributed by atoms with Gasteiger partial charge in [0, 0.05) is 6.42 Å². The topological polar surface area (TPSA) is 149 Å². The van der Waals surface area contributed by atoms with Crippen LogP contribution in [0.4, 0.5) is 0 Å². The van der Waals surface area contributed by atoms with Gasteiger partial charge in [-0.2, -0.15) is 0 Å². The van der Waals surface area contributed by atoms with E-state index in [2.05, 4.69) is 79.9 Å². The monoisotopic (exact) mass is 760 g/mol. The first kappa shape index (κ1) is 49.6. The van der Waals surface area contributed by atoms with Gasteiger partial charge in [0.15, 0.2) is 6.29 Å². The van der Waals surface area contributed by atoms with Crippen molar-refractivity contribution in [2.45, 2.75) is 192 Å². The molecule has 0 aromatic heterocycles. The van der Waals surface area contributed by atoms with Gasteiger partial charge in [-0.05, 0) is 77.0 Å². The molecule has 1 aliphatic heterocycles. The lowest BCUT2D eigenvalue weighted by atomic mass is 9.99. The fourth-order valence-corrected chi connectivity index (χ4v) is 6.08. The van der Waals surface area contributed by atoms with Crippen LogP contribution in [0.3, 0.4) is 0 Å². The zero-order valence-electron chi connectivity index (χ0n) is 33.7. The third-order valence-electron chi connectivity index (χ3n) is 9.49. The zero-order chi connectivity index (χ0) is 39.5. The van der Waals surface area contributed by atoms with E-state index in [4.69, 9.17) is 9.47 Å². The number of carbonyl (C=O) groups excluding carboxylic acids is 1. The number of nitrogens with one attached hydrogen (secondary N) is 1. The molecule has 0 aliphatic carbocycles. The first-order valence-corrected chi connectivity index (χ1v) is 21.2. The molecule has 0 saturated carbocycles. The maximum Gasteiger partial charge on any atom is 0.220 e. The minimum Gasteiger partial charge on any atom is -0.394 e. The van der Waals surface area contributed by atoms with E-state index in [1.165, 1.54) is 51.4 Å². The van der Waals surface area contributed by atoms with Gasteiger partial charge < -0.3 is 40.3 Å². The van der Waals surface area contributed by atoms with Crippen LogP contribution in [-0.4, -0.2) is 87.5 Å². The van der Waals surface area contributed by atoms with E-state index in [0.29, 0.717) is 12.8 Å². The molecule has 1 fully saturated rings. The van der Waals surface area contributed by atoms with Crippen LogP contribution in [0.5, 0.6) is 0 Å². The Kier molecular flexibility index (Phi) is 32.2. The van der Waals surface area contributed by atoms with Crippen LogP contribution >= 0.6 is 0 Å². The van der Waals surface area contributed by atoms with E-state index >= 15 is 0 Å². The lowest BCUT2D eigenvalue weighted by Crippen LogP contribution is -2.60. The molecule has 1 amide bonds. The van der Waals surface area contributed by atoms with Crippen LogP contribution < -0.4 is 5.32 Å². The quantitative estimate of drug-likeness (QED) is 0.0290. The molecule has 9 heteroatoms. The molecule has 9 nitrogen and oxygen atoms in total. The van der Waals surface area contributed by atoms with Gasteiger partial charge in [-0.15, -0.1) is 0 Å². The maximum absolute atomic E-state index is 12.9. The van der Waals surface area contributed by atoms with Crippen molar-refractivity contribution in [2.24, 2.45) is 0 Å². The molecule has 0 aromatic rings. The van der Waals surface area contributed by atoms with E-state index in [1.807, 2.05) is 6.08 Å². The second-order valence-electron chi connectivity index (χ2n) is 14.4. The lowest BCUT2D eigenvalue weighted by Gasteiger charge is -2.40. The summed E-state index contributed by atoms with van der Waals surface area (Å²) >= 11 is 0. The molecule has 0 aromatic carbocycles. The van der Waals surface area contributed by atoms with Crippen LogP contribution in [0.2, 0.25) is 0 Å². The molecule has 0 bridgehead atoms. The zero-order valence-corrected chi connectivity index (χ0v) is 33.7. The summed E-state index contributed by atoms with van der Waals surface area (Å²) in [4.78, 5) is 12.9. The molecule has 7 unspecified atom stereocenters. The number of allylic oxidation sites excluding steroid dienone is 11. The third-order valence-corrected chi connectivity index (χ3v) is 9.49. The predicted molar refractivity (Wildman–Crippen MR) is 221 cm³/mol. The third kappa shape index (κ3) is 25.7. The second kappa shape index (κ2) is 35.1. The van der Waals surface area contributed by atoms with Gasteiger partial charge in [0.2, 0.25) is 5.91 Å². The highest BCUT2D eigenvalue weighted by molar-refractivity contribution is 5.76. The van der Waals surface area contributed by atoms with Crippen LogP contribution in [-0.2, 0) is 14.3 Å². The Hall–Kier alpha value is -2.37. The van der Waals surface area contributed by atoms with E-state index in [0.717, 1.165) is 70.6 Å². The SMILES string of the molecule is CC/C=C\C/C=C\C/C=C\CCCCCC(=O)NC(COC1OC(CO)C(O)C(O)C1O)C(O)/C=C/CC/C=C/CC/C=C/CCCCCCCCCC. The average molecular weight is 760 g/mol. The molecule has 54 heavy (non-hydrogen) atoms. The largest absolute Gasteiger partial charge is 0.394 e. The number of ether oxygens (including phenoxy) is 2. The number of aliphatic hydroxyl groups is 5. The Morgan fingerprint density at radius 1 is 0.648 bits per heavy atom. The minimum absolute atomic E-state index is 0.222. The highest BCUT2D eigenvalue weighted by Gasteiger charge is 2.44. The lowest BCUT2D eigenvalue weighted by molar-refractivity contribution is -0.302. The number of hydrogen-bond donors (Lipinski definition) is 6. The van der Waals surface area contributed by atoms with Crippen molar-refractivity contribution in [1.29, 1.82) is 0 Å². The van der Waals surface area contributed by atoms with E-state index in [9.17, 15) is 30.3 Å².